The van der Waals surface area contributed by atoms with Gasteiger partial charge in [0.15, 0.2) is 0 Å². The summed E-state index contributed by atoms with van der Waals surface area (Å²) in [4.78, 5) is 11.7. The van der Waals surface area contributed by atoms with Gasteiger partial charge in [0, 0.05) is 6.04 Å². The highest BCUT2D eigenvalue weighted by Crippen LogP contribution is 2.20. The molecule has 1 aliphatic rings. The molecule has 3 heteroatoms. The Balaban J connectivity index is 2.41. The van der Waals surface area contributed by atoms with Crippen LogP contribution in [0.5, 0.6) is 0 Å². The second-order valence-corrected chi connectivity index (χ2v) is 5.33. The number of carbonyl (C=O) groups is 1. The van der Waals surface area contributed by atoms with Crippen LogP contribution in [-0.2, 0) is 4.79 Å². The van der Waals surface area contributed by atoms with Crippen molar-refractivity contribution in [2.75, 3.05) is 0 Å². The quantitative estimate of drug-likeness (QED) is 0.705. The Labute approximate surface area is 86.4 Å². The summed E-state index contributed by atoms with van der Waals surface area (Å²) in [5.74, 6) is 0.00407. The minimum absolute atomic E-state index is 0.00407. The smallest absolute Gasteiger partial charge is 0.237 e. The Morgan fingerprint density at radius 1 is 1.36 bits per heavy atom. The lowest BCUT2D eigenvalue weighted by Gasteiger charge is -2.27. The van der Waals surface area contributed by atoms with E-state index in [1.54, 1.807) is 0 Å². The van der Waals surface area contributed by atoms with Crippen LogP contribution in [0.2, 0.25) is 0 Å². The van der Waals surface area contributed by atoms with Crippen molar-refractivity contribution in [1.29, 1.82) is 0 Å². The SMILES string of the molecule is CC(C)(C)[C@@H](N)C(=O)NC1CCCC1. The summed E-state index contributed by atoms with van der Waals surface area (Å²) in [5.41, 5.74) is 5.71. The third-order valence-electron chi connectivity index (χ3n) is 2.92. The van der Waals surface area contributed by atoms with E-state index in [4.69, 9.17) is 5.73 Å². The van der Waals surface area contributed by atoms with Gasteiger partial charge in [0.1, 0.15) is 0 Å². The molecule has 0 heterocycles. The van der Waals surface area contributed by atoms with Crippen molar-refractivity contribution in [1.82, 2.24) is 5.32 Å². The Bertz CT molecular complexity index is 202. The van der Waals surface area contributed by atoms with Crippen LogP contribution in [0, 0.1) is 5.41 Å². The second-order valence-electron chi connectivity index (χ2n) is 5.33. The van der Waals surface area contributed by atoms with Gasteiger partial charge in [0.2, 0.25) is 5.91 Å². The average Bonchev–Trinajstić information content (AvgIpc) is 2.53. The number of hydrogen-bond donors (Lipinski definition) is 2. The van der Waals surface area contributed by atoms with Crippen molar-refractivity contribution < 1.29 is 4.79 Å². The monoisotopic (exact) mass is 198 g/mol. The maximum atomic E-state index is 11.7. The minimum atomic E-state index is -0.400. The van der Waals surface area contributed by atoms with Crippen LogP contribution in [-0.4, -0.2) is 18.0 Å². The molecule has 0 aromatic heterocycles. The molecule has 3 N–H and O–H groups in total. The van der Waals surface area contributed by atoms with Gasteiger partial charge < -0.3 is 11.1 Å². The molecule has 0 bridgehead atoms. The molecule has 14 heavy (non-hydrogen) atoms. The predicted molar refractivity (Wildman–Crippen MR) is 57.8 cm³/mol. The van der Waals surface area contributed by atoms with E-state index in [0.29, 0.717) is 6.04 Å². The van der Waals surface area contributed by atoms with E-state index in [-0.39, 0.29) is 11.3 Å². The first-order valence-corrected chi connectivity index (χ1v) is 5.47. The Morgan fingerprint density at radius 2 is 1.86 bits per heavy atom. The van der Waals surface area contributed by atoms with Crippen molar-refractivity contribution in [3.63, 3.8) is 0 Å². The Kier molecular flexibility index (Phi) is 3.53. The maximum absolute atomic E-state index is 11.7. The van der Waals surface area contributed by atoms with E-state index in [1.165, 1.54) is 12.8 Å². The fourth-order valence-electron chi connectivity index (χ4n) is 1.75. The molecule has 0 aromatic rings. The molecule has 0 aromatic carbocycles. The number of carbonyl (C=O) groups excluding carboxylic acids is 1. The van der Waals surface area contributed by atoms with Gasteiger partial charge in [0.05, 0.1) is 6.04 Å². The van der Waals surface area contributed by atoms with Crippen molar-refractivity contribution in [3.8, 4) is 0 Å². The topological polar surface area (TPSA) is 55.1 Å². The van der Waals surface area contributed by atoms with Gasteiger partial charge in [-0.1, -0.05) is 33.6 Å². The highest BCUT2D eigenvalue weighted by molar-refractivity contribution is 5.82. The summed E-state index contributed by atoms with van der Waals surface area (Å²) in [7, 11) is 0. The molecule has 0 aliphatic heterocycles. The zero-order valence-electron chi connectivity index (χ0n) is 9.47. The highest BCUT2D eigenvalue weighted by Gasteiger charge is 2.29. The van der Waals surface area contributed by atoms with E-state index in [0.717, 1.165) is 12.8 Å². The zero-order valence-corrected chi connectivity index (χ0v) is 9.47. The predicted octanol–water partition coefficient (Wildman–Crippen LogP) is 1.42. The molecule has 1 atom stereocenters. The third-order valence-corrected chi connectivity index (χ3v) is 2.92. The Hall–Kier alpha value is -0.570. The molecular weight excluding hydrogens is 176 g/mol. The van der Waals surface area contributed by atoms with Gasteiger partial charge in [-0.15, -0.1) is 0 Å². The lowest BCUT2D eigenvalue weighted by atomic mass is 9.87. The summed E-state index contributed by atoms with van der Waals surface area (Å²) in [6, 6.07) is -0.0287. The van der Waals surface area contributed by atoms with Gasteiger partial charge in [-0.05, 0) is 18.3 Å². The van der Waals surface area contributed by atoms with Gasteiger partial charge >= 0.3 is 0 Å². The van der Waals surface area contributed by atoms with Crippen LogP contribution in [0.15, 0.2) is 0 Å². The van der Waals surface area contributed by atoms with Crippen LogP contribution < -0.4 is 11.1 Å². The molecule has 1 rings (SSSR count). The number of nitrogens with one attached hydrogen (secondary N) is 1. The molecule has 0 radical (unpaired) electrons. The molecule has 0 spiro atoms. The summed E-state index contributed by atoms with van der Waals surface area (Å²) in [5, 5.41) is 3.02. The van der Waals surface area contributed by atoms with Crippen LogP contribution >= 0.6 is 0 Å². The molecule has 1 fully saturated rings. The number of nitrogens with two attached hydrogens (primary N) is 1. The first-order valence-electron chi connectivity index (χ1n) is 5.47. The van der Waals surface area contributed by atoms with Gasteiger partial charge in [-0.3, -0.25) is 4.79 Å². The molecule has 1 amide bonds. The molecule has 82 valence electrons. The van der Waals surface area contributed by atoms with E-state index < -0.39 is 6.04 Å². The molecule has 1 aliphatic carbocycles. The van der Waals surface area contributed by atoms with Crippen molar-refractivity contribution in [2.24, 2.45) is 11.1 Å². The normalized spacial score (nSPS) is 20.9. The highest BCUT2D eigenvalue weighted by atomic mass is 16.2. The fraction of sp³-hybridized carbons (Fsp3) is 0.909. The van der Waals surface area contributed by atoms with Crippen LogP contribution in [0.4, 0.5) is 0 Å². The summed E-state index contributed by atoms with van der Waals surface area (Å²) in [6.45, 7) is 5.98. The number of hydrogen-bond acceptors (Lipinski definition) is 2. The van der Waals surface area contributed by atoms with Gasteiger partial charge in [0.25, 0.3) is 0 Å². The lowest BCUT2D eigenvalue weighted by molar-refractivity contribution is -0.125. The molecule has 1 saturated carbocycles. The summed E-state index contributed by atoms with van der Waals surface area (Å²) < 4.78 is 0. The summed E-state index contributed by atoms with van der Waals surface area (Å²) in [6.07, 6.45) is 4.69. The van der Waals surface area contributed by atoms with Crippen LogP contribution in [0.1, 0.15) is 46.5 Å². The molecule has 3 nitrogen and oxygen atoms in total. The molecule has 0 unspecified atom stereocenters. The largest absolute Gasteiger partial charge is 0.352 e. The van der Waals surface area contributed by atoms with Crippen molar-refractivity contribution in [2.45, 2.75) is 58.5 Å². The molecule has 0 saturated heterocycles. The second kappa shape index (κ2) is 4.30. The zero-order chi connectivity index (χ0) is 10.8. The minimum Gasteiger partial charge on any atom is -0.352 e. The van der Waals surface area contributed by atoms with Gasteiger partial charge in [-0.25, -0.2) is 0 Å². The lowest BCUT2D eigenvalue weighted by Crippen LogP contribution is -2.50. The maximum Gasteiger partial charge on any atom is 0.237 e. The van der Waals surface area contributed by atoms with Crippen molar-refractivity contribution in [3.05, 3.63) is 0 Å². The first-order chi connectivity index (χ1) is 6.41. The Morgan fingerprint density at radius 3 is 2.29 bits per heavy atom. The van der Waals surface area contributed by atoms with Crippen molar-refractivity contribution >= 4 is 5.91 Å². The molecular formula is C11H22N2O. The standard InChI is InChI=1S/C11H22N2O/c1-11(2,3)9(12)10(14)13-8-6-4-5-7-8/h8-9H,4-7,12H2,1-3H3,(H,13,14)/t9-/m0/s1. The van der Waals surface area contributed by atoms with Gasteiger partial charge in [-0.2, -0.15) is 0 Å². The number of rotatable bonds is 2. The fourth-order valence-corrected chi connectivity index (χ4v) is 1.75. The average molecular weight is 198 g/mol. The van der Waals surface area contributed by atoms with E-state index >= 15 is 0 Å². The first kappa shape index (κ1) is 11.5. The third kappa shape index (κ3) is 2.98. The summed E-state index contributed by atoms with van der Waals surface area (Å²) >= 11 is 0. The number of amides is 1. The van der Waals surface area contributed by atoms with Crippen LogP contribution in [0.25, 0.3) is 0 Å². The van der Waals surface area contributed by atoms with Crippen LogP contribution in [0.3, 0.4) is 0 Å². The van der Waals surface area contributed by atoms with E-state index in [1.807, 2.05) is 20.8 Å². The van der Waals surface area contributed by atoms with E-state index in [2.05, 4.69) is 5.32 Å². The van der Waals surface area contributed by atoms with E-state index in [9.17, 15) is 4.79 Å².